The summed E-state index contributed by atoms with van der Waals surface area (Å²) < 4.78 is 1.74. The lowest BCUT2D eigenvalue weighted by molar-refractivity contribution is -0.136. The van der Waals surface area contributed by atoms with Crippen LogP contribution in [0, 0.1) is 0 Å². The third kappa shape index (κ3) is 3.28. The van der Waals surface area contributed by atoms with Gasteiger partial charge in [0.1, 0.15) is 5.52 Å². The zero-order valence-corrected chi connectivity index (χ0v) is 14.5. The molecular formula is C20H22N6O2. The van der Waals surface area contributed by atoms with Gasteiger partial charge in [-0.1, -0.05) is 25.6 Å². The van der Waals surface area contributed by atoms with E-state index >= 15 is 0 Å². The molecule has 3 heterocycles. The van der Waals surface area contributed by atoms with Crippen molar-refractivity contribution < 1.29 is 9.90 Å². The van der Waals surface area contributed by atoms with E-state index in [4.69, 9.17) is 10.1 Å². The highest BCUT2D eigenvalue weighted by Crippen LogP contribution is 2.29. The van der Waals surface area contributed by atoms with Gasteiger partial charge in [0, 0.05) is 24.1 Å². The molecule has 3 aromatic heterocycles. The molecule has 5 rings (SSSR count). The first-order valence-corrected chi connectivity index (χ1v) is 8.98. The first-order valence-electron chi connectivity index (χ1n) is 8.98. The summed E-state index contributed by atoms with van der Waals surface area (Å²) in [5, 5.41) is 17.0. The van der Waals surface area contributed by atoms with Gasteiger partial charge in [0.2, 0.25) is 0 Å². The van der Waals surface area contributed by atoms with Gasteiger partial charge in [-0.3, -0.25) is 4.79 Å². The summed E-state index contributed by atoms with van der Waals surface area (Å²) in [6.07, 6.45) is 4.58. The molecular weight excluding hydrogens is 356 g/mol. The van der Waals surface area contributed by atoms with Crippen LogP contribution in [0.25, 0.3) is 28.1 Å². The second-order valence-corrected chi connectivity index (χ2v) is 6.87. The van der Waals surface area contributed by atoms with E-state index in [1.54, 1.807) is 10.8 Å². The number of H-pyrrole nitrogens is 1. The Morgan fingerprint density at radius 2 is 2.18 bits per heavy atom. The van der Waals surface area contributed by atoms with Crippen molar-refractivity contribution in [2.45, 2.75) is 39.2 Å². The highest BCUT2D eigenvalue weighted by Gasteiger charge is 2.24. The minimum atomic E-state index is -0.797. The number of rotatable bonds is 6. The van der Waals surface area contributed by atoms with Gasteiger partial charge in [-0.15, -0.1) is 0 Å². The molecule has 8 heteroatoms. The highest BCUT2D eigenvalue weighted by atomic mass is 16.4. The largest absolute Gasteiger partial charge is 0.481 e. The normalized spacial score (nSPS) is 13.6. The molecule has 0 amide bonds. The molecule has 0 unspecified atom stereocenters. The molecule has 0 saturated heterocycles. The number of hydrogen-bond donors (Lipinski definition) is 3. The molecule has 28 heavy (non-hydrogen) atoms. The Kier molecular flexibility index (Phi) is 4.46. The summed E-state index contributed by atoms with van der Waals surface area (Å²) >= 11 is 0. The maximum Gasteiger partial charge on any atom is 0.303 e. The van der Waals surface area contributed by atoms with E-state index in [2.05, 4.69) is 20.4 Å². The molecule has 144 valence electrons. The number of anilines is 1. The van der Waals surface area contributed by atoms with Crippen molar-refractivity contribution in [3.8, 4) is 11.3 Å². The maximum atomic E-state index is 10.8. The SMILES string of the molecule is C.O=C(O)CCc1cccc(-c2cc3nc(NC4CC4)c4[nH]cnc4n3n2)c1. The molecule has 1 aliphatic carbocycles. The summed E-state index contributed by atoms with van der Waals surface area (Å²) in [7, 11) is 0. The number of nitrogens with zero attached hydrogens (tertiary/aromatic N) is 4. The fraction of sp³-hybridized carbons (Fsp3) is 0.300. The number of imidazole rings is 1. The average molecular weight is 378 g/mol. The van der Waals surface area contributed by atoms with Crippen LogP contribution in [0.1, 0.15) is 32.3 Å². The standard InChI is InChI=1S/C19H18N6O2.CH4/c26-16(27)7-4-11-2-1-3-12(8-11)14-9-15-23-18(22-13-5-6-13)17-19(21-10-20-17)25(15)24-14;/h1-3,8-10,13H,4-7H2,(H,20,21)(H,22,23)(H,26,27);1H4. The number of aliphatic carboxylic acids is 1. The number of aromatic nitrogens is 5. The number of fused-ring (bicyclic) bond motifs is 3. The summed E-state index contributed by atoms with van der Waals surface area (Å²) in [4.78, 5) is 23.1. The van der Waals surface area contributed by atoms with Gasteiger partial charge in [0.05, 0.1) is 12.0 Å². The molecule has 0 bridgehead atoms. The number of aryl methyl sites for hydroxylation is 1. The summed E-state index contributed by atoms with van der Waals surface area (Å²) in [5.74, 6) is 0.00751. The minimum absolute atomic E-state index is 0. The van der Waals surface area contributed by atoms with Gasteiger partial charge in [-0.25, -0.2) is 9.97 Å². The van der Waals surface area contributed by atoms with E-state index in [9.17, 15) is 4.79 Å². The summed E-state index contributed by atoms with van der Waals surface area (Å²) in [6.45, 7) is 0. The van der Waals surface area contributed by atoms with Gasteiger partial charge in [-0.2, -0.15) is 9.61 Å². The van der Waals surface area contributed by atoms with Crippen LogP contribution in [-0.4, -0.2) is 41.7 Å². The third-order valence-electron chi connectivity index (χ3n) is 4.74. The Hall–Kier alpha value is -3.42. The van der Waals surface area contributed by atoms with Crippen LogP contribution >= 0.6 is 0 Å². The van der Waals surface area contributed by atoms with Gasteiger partial charge in [0.15, 0.2) is 17.1 Å². The first kappa shape index (κ1) is 18.0. The van der Waals surface area contributed by atoms with Crippen LogP contribution in [0.5, 0.6) is 0 Å². The third-order valence-corrected chi connectivity index (χ3v) is 4.74. The van der Waals surface area contributed by atoms with E-state index < -0.39 is 5.97 Å². The van der Waals surface area contributed by atoms with Crippen LogP contribution in [0.3, 0.4) is 0 Å². The van der Waals surface area contributed by atoms with Crippen LogP contribution in [0.4, 0.5) is 5.82 Å². The Balaban J connectivity index is 0.00000192. The molecule has 0 aliphatic heterocycles. The van der Waals surface area contributed by atoms with Crippen molar-refractivity contribution >= 4 is 28.6 Å². The molecule has 0 spiro atoms. The quantitative estimate of drug-likeness (QED) is 0.474. The summed E-state index contributed by atoms with van der Waals surface area (Å²) in [5.41, 5.74) is 5.00. The lowest BCUT2D eigenvalue weighted by Gasteiger charge is -2.05. The molecule has 0 atom stereocenters. The number of nitrogens with one attached hydrogen (secondary N) is 2. The zero-order chi connectivity index (χ0) is 18.4. The van der Waals surface area contributed by atoms with E-state index in [1.165, 1.54) is 0 Å². The van der Waals surface area contributed by atoms with Gasteiger partial charge >= 0.3 is 5.97 Å². The number of aromatic amines is 1. The monoisotopic (exact) mass is 378 g/mol. The number of carbonyl (C=O) groups is 1. The Bertz CT molecular complexity index is 1160. The van der Waals surface area contributed by atoms with Crippen LogP contribution in [-0.2, 0) is 11.2 Å². The topological polar surface area (TPSA) is 108 Å². The molecule has 0 radical (unpaired) electrons. The zero-order valence-electron chi connectivity index (χ0n) is 14.5. The van der Waals surface area contributed by atoms with Crippen molar-refractivity contribution in [1.82, 2.24) is 24.6 Å². The van der Waals surface area contributed by atoms with E-state index in [1.807, 2.05) is 30.3 Å². The first-order chi connectivity index (χ1) is 13.2. The van der Waals surface area contributed by atoms with Crippen molar-refractivity contribution in [1.29, 1.82) is 0 Å². The minimum Gasteiger partial charge on any atom is -0.481 e. The molecule has 3 N–H and O–H groups in total. The van der Waals surface area contributed by atoms with Crippen LogP contribution < -0.4 is 5.32 Å². The molecule has 1 aromatic carbocycles. The van der Waals surface area contributed by atoms with Crippen molar-refractivity contribution in [3.63, 3.8) is 0 Å². The molecule has 8 nitrogen and oxygen atoms in total. The average Bonchev–Trinajstić information content (AvgIpc) is 3.17. The van der Waals surface area contributed by atoms with Crippen molar-refractivity contribution in [2.75, 3.05) is 5.32 Å². The molecule has 1 fully saturated rings. The highest BCUT2D eigenvalue weighted by molar-refractivity contribution is 5.86. The number of carboxylic acids is 1. The Morgan fingerprint density at radius 3 is 2.96 bits per heavy atom. The van der Waals surface area contributed by atoms with Crippen LogP contribution in [0.2, 0.25) is 0 Å². The lowest BCUT2D eigenvalue weighted by atomic mass is 10.0. The van der Waals surface area contributed by atoms with Gasteiger partial charge < -0.3 is 15.4 Å². The number of carboxylic acid groups (broad SMARTS) is 1. The second kappa shape index (κ2) is 6.95. The van der Waals surface area contributed by atoms with E-state index in [0.717, 1.165) is 52.3 Å². The fourth-order valence-electron chi connectivity index (χ4n) is 3.20. The maximum absolute atomic E-state index is 10.8. The second-order valence-electron chi connectivity index (χ2n) is 6.87. The van der Waals surface area contributed by atoms with Crippen LogP contribution in [0.15, 0.2) is 36.7 Å². The van der Waals surface area contributed by atoms with Crippen molar-refractivity contribution in [3.05, 3.63) is 42.2 Å². The number of benzene rings is 1. The van der Waals surface area contributed by atoms with E-state index in [0.29, 0.717) is 12.5 Å². The predicted octanol–water partition coefficient (Wildman–Crippen LogP) is 3.50. The molecule has 1 saturated carbocycles. The smallest absolute Gasteiger partial charge is 0.303 e. The van der Waals surface area contributed by atoms with E-state index in [-0.39, 0.29) is 13.8 Å². The predicted molar refractivity (Wildman–Crippen MR) is 107 cm³/mol. The molecule has 1 aliphatic rings. The van der Waals surface area contributed by atoms with Crippen molar-refractivity contribution in [2.24, 2.45) is 0 Å². The fourth-order valence-corrected chi connectivity index (χ4v) is 3.20. The summed E-state index contributed by atoms with van der Waals surface area (Å²) in [6, 6.07) is 10.2. The lowest BCUT2D eigenvalue weighted by Crippen LogP contribution is -2.06. The van der Waals surface area contributed by atoms with Gasteiger partial charge in [-0.05, 0) is 30.9 Å². The Morgan fingerprint density at radius 1 is 1.32 bits per heavy atom. The number of hydrogen-bond acceptors (Lipinski definition) is 5. The Labute approximate surface area is 161 Å². The molecule has 4 aromatic rings. The van der Waals surface area contributed by atoms with Gasteiger partial charge in [0.25, 0.3) is 0 Å².